The van der Waals surface area contributed by atoms with E-state index in [1.165, 1.54) is 0 Å². The van der Waals surface area contributed by atoms with Crippen molar-refractivity contribution in [3.63, 3.8) is 0 Å². The lowest BCUT2D eigenvalue weighted by molar-refractivity contribution is -0.147. The number of hydrogen-bond donors (Lipinski definition) is 0. The Bertz CT molecular complexity index is 581. The van der Waals surface area contributed by atoms with Gasteiger partial charge in [-0.1, -0.05) is 50.6 Å². The molecule has 0 saturated carbocycles. The van der Waals surface area contributed by atoms with Gasteiger partial charge >= 0.3 is 0 Å². The Labute approximate surface area is 159 Å². The van der Waals surface area contributed by atoms with Gasteiger partial charge in [0.1, 0.15) is 0 Å². The minimum Gasteiger partial charge on any atom is -0.417 e. The first-order chi connectivity index (χ1) is 11.4. The van der Waals surface area contributed by atoms with Crippen molar-refractivity contribution in [3.8, 4) is 0 Å². The molecule has 0 bridgehead atoms. The standard InChI is InChI=1S/C20H33ClO3Si/c1-19(2,3)25(6,7)22-13-12-17-18(24-20(4,5)23-17)14-15-10-8-9-11-16(15)21/h8-11,17-18H,12-14H2,1-7H3/t17-,18-/m1/s1. The number of halogens is 1. The Morgan fingerprint density at radius 3 is 2.32 bits per heavy atom. The van der Waals surface area contributed by atoms with Crippen molar-refractivity contribution in [3.05, 3.63) is 34.9 Å². The molecule has 1 aromatic rings. The molecule has 0 radical (unpaired) electrons. The van der Waals surface area contributed by atoms with E-state index in [9.17, 15) is 0 Å². The van der Waals surface area contributed by atoms with Crippen LogP contribution in [-0.2, 0) is 20.3 Å². The molecule has 0 unspecified atom stereocenters. The summed E-state index contributed by atoms with van der Waals surface area (Å²) in [5.41, 5.74) is 1.10. The highest BCUT2D eigenvalue weighted by molar-refractivity contribution is 6.74. The van der Waals surface area contributed by atoms with Crippen LogP contribution in [0.5, 0.6) is 0 Å². The fourth-order valence-corrected chi connectivity index (χ4v) is 4.13. The predicted octanol–water partition coefficient (Wildman–Crippen LogP) is 5.81. The highest BCUT2D eigenvalue weighted by Crippen LogP contribution is 2.37. The lowest BCUT2D eigenvalue weighted by atomic mass is 10.0. The second-order valence-corrected chi connectivity index (χ2v) is 14.1. The van der Waals surface area contributed by atoms with Crippen LogP contribution in [0.4, 0.5) is 0 Å². The van der Waals surface area contributed by atoms with Crippen LogP contribution in [0, 0.1) is 0 Å². The van der Waals surface area contributed by atoms with Gasteiger partial charge in [0.2, 0.25) is 0 Å². The molecule has 1 aromatic carbocycles. The summed E-state index contributed by atoms with van der Waals surface area (Å²) in [6.45, 7) is 16.0. The molecule has 1 aliphatic rings. The van der Waals surface area contributed by atoms with E-state index in [0.29, 0.717) is 6.61 Å². The minimum absolute atomic E-state index is 0.00193. The maximum atomic E-state index is 6.32. The topological polar surface area (TPSA) is 27.7 Å². The molecule has 5 heteroatoms. The van der Waals surface area contributed by atoms with Gasteiger partial charge in [-0.3, -0.25) is 0 Å². The Hall–Kier alpha value is -0.393. The fourth-order valence-electron chi connectivity index (χ4n) is 2.85. The summed E-state index contributed by atoms with van der Waals surface area (Å²) in [5, 5.41) is 1.00. The van der Waals surface area contributed by atoms with Crippen LogP contribution in [-0.4, -0.2) is 32.9 Å². The number of ether oxygens (including phenoxy) is 2. The van der Waals surface area contributed by atoms with E-state index >= 15 is 0 Å². The second-order valence-electron chi connectivity index (χ2n) is 8.91. The van der Waals surface area contributed by atoms with Crippen LogP contribution >= 0.6 is 11.6 Å². The number of benzene rings is 1. The molecule has 1 fully saturated rings. The van der Waals surface area contributed by atoms with Gasteiger partial charge in [-0.05, 0) is 50.0 Å². The van der Waals surface area contributed by atoms with E-state index < -0.39 is 14.1 Å². The van der Waals surface area contributed by atoms with Crippen molar-refractivity contribution in [1.82, 2.24) is 0 Å². The molecule has 0 spiro atoms. The number of hydrogen-bond acceptors (Lipinski definition) is 3. The molecular weight excluding hydrogens is 352 g/mol. The monoisotopic (exact) mass is 384 g/mol. The summed E-state index contributed by atoms with van der Waals surface area (Å²) in [5.74, 6) is -0.562. The van der Waals surface area contributed by atoms with Gasteiger partial charge in [-0.2, -0.15) is 0 Å². The third-order valence-electron chi connectivity index (χ3n) is 5.34. The van der Waals surface area contributed by atoms with E-state index in [-0.39, 0.29) is 17.2 Å². The van der Waals surface area contributed by atoms with Gasteiger partial charge in [0.15, 0.2) is 14.1 Å². The van der Waals surface area contributed by atoms with Crippen LogP contribution in [0.25, 0.3) is 0 Å². The molecule has 1 saturated heterocycles. The first kappa shape index (κ1) is 20.9. The molecule has 0 amide bonds. The van der Waals surface area contributed by atoms with Gasteiger partial charge in [0, 0.05) is 18.1 Å². The molecule has 25 heavy (non-hydrogen) atoms. The van der Waals surface area contributed by atoms with Crippen LogP contribution in [0.1, 0.15) is 46.6 Å². The van der Waals surface area contributed by atoms with E-state index in [1.54, 1.807) is 0 Å². The van der Waals surface area contributed by atoms with Crippen LogP contribution in [0.3, 0.4) is 0 Å². The van der Waals surface area contributed by atoms with Crippen molar-refractivity contribution < 1.29 is 13.9 Å². The van der Waals surface area contributed by atoms with Crippen LogP contribution in [0.15, 0.2) is 24.3 Å². The van der Waals surface area contributed by atoms with Crippen molar-refractivity contribution in [2.45, 2.75) is 83.6 Å². The minimum atomic E-state index is -1.74. The quantitative estimate of drug-likeness (QED) is 0.579. The smallest absolute Gasteiger partial charge is 0.191 e. The van der Waals surface area contributed by atoms with Gasteiger partial charge in [-0.15, -0.1) is 0 Å². The summed E-state index contributed by atoms with van der Waals surface area (Å²) in [7, 11) is -1.74. The summed E-state index contributed by atoms with van der Waals surface area (Å²) >= 11 is 6.32. The van der Waals surface area contributed by atoms with Gasteiger partial charge < -0.3 is 13.9 Å². The Morgan fingerprint density at radius 1 is 1.12 bits per heavy atom. The zero-order chi connectivity index (χ0) is 18.9. The molecule has 142 valence electrons. The summed E-state index contributed by atoms with van der Waals surface area (Å²) in [6.07, 6.45) is 1.62. The first-order valence-electron chi connectivity index (χ1n) is 9.14. The average molecular weight is 385 g/mol. The highest BCUT2D eigenvalue weighted by Gasteiger charge is 2.42. The molecule has 2 rings (SSSR count). The van der Waals surface area contributed by atoms with Crippen molar-refractivity contribution in [1.29, 1.82) is 0 Å². The molecular formula is C20H33ClO3Si. The second kappa shape index (κ2) is 7.69. The lowest BCUT2D eigenvalue weighted by Gasteiger charge is -2.36. The number of rotatable bonds is 6. The van der Waals surface area contributed by atoms with Crippen molar-refractivity contribution in [2.75, 3.05) is 6.61 Å². The van der Waals surface area contributed by atoms with E-state index in [2.05, 4.69) is 39.9 Å². The summed E-state index contributed by atoms with van der Waals surface area (Å²) < 4.78 is 18.6. The Balaban J connectivity index is 1.99. The largest absolute Gasteiger partial charge is 0.417 e. The molecule has 3 nitrogen and oxygen atoms in total. The zero-order valence-electron chi connectivity index (χ0n) is 16.7. The van der Waals surface area contributed by atoms with Crippen LogP contribution < -0.4 is 0 Å². The molecule has 0 aromatic heterocycles. The molecule has 0 aliphatic carbocycles. The van der Waals surface area contributed by atoms with Gasteiger partial charge in [0.25, 0.3) is 0 Å². The lowest BCUT2D eigenvalue weighted by Crippen LogP contribution is -2.41. The Morgan fingerprint density at radius 2 is 1.72 bits per heavy atom. The molecule has 2 atom stereocenters. The average Bonchev–Trinajstić information content (AvgIpc) is 2.74. The summed E-state index contributed by atoms with van der Waals surface area (Å²) in [6, 6.07) is 7.94. The Kier molecular flexibility index (Phi) is 6.43. The van der Waals surface area contributed by atoms with Crippen molar-refractivity contribution >= 4 is 19.9 Å². The normalized spacial score (nSPS) is 23.8. The molecule has 1 heterocycles. The predicted molar refractivity (Wildman–Crippen MR) is 107 cm³/mol. The SMILES string of the molecule is CC1(C)O[C@H](CCO[Si](C)(C)C(C)(C)C)[C@@H](Cc2ccccc2Cl)O1. The van der Waals surface area contributed by atoms with E-state index in [1.807, 2.05) is 32.0 Å². The van der Waals surface area contributed by atoms with Crippen LogP contribution in [0.2, 0.25) is 23.2 Å². The maximum Gasteiger partial charge on any atom is 0.191 e. The van der Waals surface area contributed by atoms with E-state index in [4.69, 9.17) is 25.5 Å². The summed E-state index contributed by atoms with van der Waals surface area (Å²) in [4.78, 5) is 0. The zero-order valence-corrected chi connectivity index (χ0v) is 18.4. The fraction of sp³-hybridized carbons (Fsp3) is 0.700. The van der Waals surface area contributed by atoms with Gasteiger partial charge in [-0.25, -0.2) is 0 Å². The first-order valence-corrected chi connectivity index (χ1v) is 12.4. The maximum absolute atomic E-state index is 6.32. The molecule has 0 N–H and O–H groups in total. The highest BCUT2D eigenvalue weighted by atomic mass is 35.5. The third kappa shape index (κ3) is 5.54. The van der Waals surface area contributed by atoms with Gasteiger partial charge in [0.05, 0.1) is 12.2 Å². The van der Waals surface area contributed by atoms with E-state index in [0.717, 1.165) is 23.4 Å². The third-order valence-corrected chi connectivity index (χ3v) is 10.2. The van der Waals surface area contributed by atoms with Crippen molar-refractivity contribution in [2.24, 2.45) is 0 Å². The molecule has 1 aliphatic heterocycles.